The molecule has 3 aromatic rings. The lowest BCUT2D eigenvalue weighted by Gasteiger charge is -2.18. The number of nitrogens with zero attached hydrogens (tertiary/aromatic N) is 1. The van der Waals surface area contributed by atoms with Gasteiger partial charge >= 0.3 is 0 Å². The Morgan fingerprint density at radius 1 is 1.05 bits per heavy atom. The van der Waals surface area contributed by atoms with Crippen molar-refractivity contribution >= 4 is 10.8 Å². The van der Waals surface area contributed by atoms with E-state index in [9.17, 15) is 4.39 Å². The molecule has 3 N–H and O–H groups in total. The zero-order valence-corrected chi connectivity index (χ0v) is 10.8. The van der Waals surface area contributed by atoms with E-state index in [1.165, 1.54) is 12.3 Å². The molecule has 0 radical (unpaired) electrons. The van der Waals surface area contributed by atoms with Crippen molar-refractivity contribution in [2.75, 3.05) is 0 Å². The summed E-state index contributed by atoms with van der Waals surface area (Å²) in [5, 5.41) is 2.21. The second kappa shape index (κ2) is 5.36. The third-order valence-electron chi connectivity index (χ3n) is 3.36. The maximum absolute atomic E-state index is 13.4. The largest absolute Gasteiger partial charge is 0.271 e. The Bertz CT molecular complexity index is 737. The van der Waals surface area contributed by atoms with Gasteiger partial charge < -0.3 is 0 Å². The predicted molar refractivity (Wildman–Crippen MR) is 77.3 cm³/mol. The number of hydrazine groups is 1. The van der Waals surface area contributed by atoms with E-state index in [4.69, 9.17) is 5.84 Å². The van der Waals surface area contributed by atoms with E-state index in [1.54, 1.807) is 6.20 Å². The van der Waals surface area contributed by atoms with Gasteiger partial charge in [-0.3, -0.25) is 10.8 Å². The number of hydrogen-bond donors (Lipinski definition) is 2. The van der Waals surface area contributed by atoms with Crippen LogP contribution >= 0.6 is 0 Å². The van der Waals surface area contributed by atoms with Gasteiger partial charge in [0.2, 0.25) is 0 Å². The van der Waals surface area contributed by atoms with E-state index in [0.29, 0.717) is 5.56 Å². The van der Waals surface area contributed by atoms with Gasteiger partial charge in [-0.1, -0.05) is 42.5 Å². The molecule has 3 rings (SSSR count). The van der Waals surface area contributed by atoms with Crippen LogP contribution in [0.4, 0.5) is 4.39 Å². The molecule has 2 aromatic carbocycles. The highest BCUT2D eigenvalue weighted by Crippen LogP contribution is 2.28. The molecule has 1 heterocycles. The minimum Gasteiger partial charge on any atom is -0.271 e. The van der Waals surface area contributed by atoms with Crippen LogP contribution in [-0.4, -0.2) is 4.98 Å². The molecule has 0 aliphatic heterocycles. The fourth-order valence-electron chi connectivity index (χ4n) is 2.45. The van der Waals surface area contributed by atoms with Crippen LogP contribution in [0.25, 0.3) is 10.8 Å². The molecule has 100 valence electrons. The van der Waals surface area contributed by atoms with Crippen molar-refractivity contribution in [2.45, 2.75) is 6.04 Å². The third-order valence-corrected chi connectivity index (χ3v) is 3.36. The van der Waals surface area contributed by atoms with Gasteiger partial charge in [-0.25, -0.2) is 9.82 Å². The van der Waals surface area contributed by atoms with Gasteiger partial charge in [-0.15, -0.1) is 0 Å². The molecule has 0 saturated carbocycles. The number of halogens is 1. The van der Waals surface area contributed by atoms with Crippen molar-refractivity contribution in [1.29, 1.82) is 0 Å². The van der Waals surface area contributed by atoms with E-state index in [-0.39, 0.29) is 11.9 Å². The van der Waals surface area contributed by atoms with E-state index in [1.807, 2.05) is 42.5 Å². The fraction of sp³-hybridized carbons (Fsp3) is 0.0625. The smallest absolute Gasteiger partial charge is 0.141 e. The van der Waals surface area contributed by atoms with Crippen molar-refractivity contribution in [3.05, 3.63) is 77.9 Å². The molecule has 0 aliphatic rings. The van der Waals surface area contributed by atoms with Crippen LogP contribution in [-0.2, 0) is 0 Å². The van der Waals surface area contributed by atoms with Crippen molar-refractivity contribution in [2.24, 2.45) is 5.84 Å². The van der Waals surface area contributed by atoms with Gasteiger partial charge in [-0.05, 0) is 28.0 Å². The summed E-state index contributed by atoms with van der Waals surface area (Å²) in [5.41, 5.74) is 4.44. The molecule has 0 fully saturated rings. The number of fused-ring (bicyclic) bond motifs is 1. The number of rotatable bonds is 3. The van der Waals surface area contributed by atoms with Gasteiger partial charge in [0.15, 0.2) is 0 Å². The second-order valence-corrected chi connectivity index (χ2v) is 4.60. The monoisotopic (exact) mass is 267 g/mol. The molecule has 4 heteroatoms. The summed E-state index contributed by atoms with van der Waals surface area (Å²) in [5.74, 6) is 5.31. The quantitative estimate of drug-likeness (QED) is 0.566. The van der Waals surface area contributed by atoms with Gasteiger partial charge in [0.1, 0.15) is 5.82 Å². The summed E-state index contributed by atoms with van der Waals surface area (Å²) in [6.45, 7) is 0. The first-order chi connectivity index (χ1) is 9.79. The van der Waals surface area contributed by atoms with Gasteiger partial charge in [0, 0.05) is 6.20 Å². The number of nitrogens with one attached hydrogen (secondary N) is 1. The Labute approximate surface area is 116 Å². The molecule has 3 nitrogen and oxygen atoms in total. The summed E-state index contributed by atoms with van der Waals surface area (Å²) < 4.78 is 13.4. The molecular formula is C16H14FN3. The van der Waals surface area contributed by atoms with E-state index >= 15 is 0 Å². The van der Waals surface area contributed by atoms with E-state index in [0.717, 1.165) is 16.3 Å². The first-order valence-electron chi connectivity index (χ1n) is 6.34. The minimum absolute atomic E-state index is 0.302. The molecule has 0 bridgehead atoms. The Hall–Kier alpha value is -2.30. The van der Waals surface area contributed by atoms with Crippen LogP contribution in [0.2, 0.25) is 0 Å². The zero-order chi connectivity index (χ0) is 13.9. The fourth-order valence-corrected chi connectivity index (χ4v) is 2.45. The Kier molecular flexibility index (Phi) is 3.41. The van der Waals surface area contributed by atoms with Crippen molar-refractivity contribution < 1.29 is 4.39 Å². The molecule has 1 unspecified atom stereocenters. The summed E-state index contributed by atoms with van der Waals surface area (Å²) in [7, 11) is 0. The van der Waals surface area contributed by atoms with Crippen LogP contribution in [0.15, 0.2) is 60.9 Å². The van der Waals surface area contributed by atoms with Crippen LogP contribution in [0.3, 0.4) is 0 Å². The predicted octanol–water partition coefficient (Wildman–Crippen LogP) is 2.93. The van der Waals surface area contributed by atoms with Gasteiger partial charge in [-0.2, -0.15) is 0 Å². The van der Waals surface area contributed by atoms with Crippen LogP contribution in [0.1, 0.15) is 17.2 Å². The Morgan fingerprint density at radius 2 is 1.85 bits per heavy atom. The number of nitrogens with two attached hydrogens (primary N) is 1. The molecule has 0 saturated heterocycles. The summed E-state index contributed by atoms with van der Waals surface area (Å²) >= 11 is 0. The summed E-state index contributed by atoms with van der Waals surface area (Å²) in [6, 6.07) is 15.2. The number of pyridine rings is 1. The van der Waals surface area contributed by atoms with Gasteiger partial charge in [0.25, 0.3) is 0 Å². The van der Waals surface area contributed by atoms with E-state index in [2.05, 4.69) is 10.4 Å². The number of benzene rings is 2. The number of hydrogen-bond acceptors (Lipinski definition) is 3. The second-order valence-electron chi connectivity index (χ2n) is 4.60. The highest BCUT2D eigenvalue weighted by atomic mass is 19.1. The highest BCUT2D eigenvalue weighted by Gasteiger charge is 2.15. The maximum Gasteiger partial charge on any atom is 0.141 e. The summed E-state index contributed by atoms with van der Waals surface area (Å²) in [6.07, 6.45) is 2.80. The number of aromatic nitrogens is 1. The van der Waals surface area contributed by atoms with Crippen LogP contribution < -0.4 is 11.3 Å². The molecule has 0 amide bonds. The molecule has 20 heavy (non-hydrogen) atoms. The molecule has 1 aromatic heterocycles. The molecule has 0 spiro atoms. The standard InChI is InChI=1S/C16H14FN3/c17-13-8-12(9-19-10-13)16(20-18)15-7-3-5-11-4-1-2-6-14(11)15/h1-10,16,20H,18H2. The topological polar surface area (TPSA) is 50.9 Å². The Morgan fingerprint density at radius 3 is 2.65 bits per heavy atom. The lowest BCUT2D eigenvalue weighted by molar-refractivity contribution is 0.599. The highest BCUT2D eigenvalue weighted by molar-refractivity contribution is 5.86. The minimum atomic E-state index is -0.372. The van der Waals surface area contributed by atoms with Crippen LogP contribution in [0, 0.1) is 5.82 Å². The normalized spacial score (nSPS) is 12.5. The SMILES string of the molecule is NNC(c1cncc(F)c1)c1cccc2ccccc12. The average molecular weight is 267 g/mol. The maximum atomic E-state index is 13.4. The Balaban J connectivity index is 2.17. The molecular weight excluding hydrogens is 253 g/mol. The average Bonchev–Trinajstić information content (AvgIpc) is 2.48. The third kappa shape index (κ3) is 2.27. The zero-order valence-electron chi connectivity index (χ0n) is 10.8. The van der Waals surface area contributed by atoms with Crippen molar-refractivity contribution in [3.8, 4) is 0 Å². The van der Waals surface area contributed by atoms with Crippen molar-refractivity contribution in [1.82, 2.24) is 10.4 Å². The lowest BCUT2D eigenvalue weighted by atomic mass is 9.95. The van der Waals surface area contributed by atoms with E-state index < -0.39 is 0 Å². The molecule has 1 atom stereocenters. The van der Waals surface area contributed by atoms with Crippen molar-refractivity contribution in [3.63, 3.8) is 0 Å². The first-order valence-corrected chi connectivity index (χ1v) is 6.34. The van der Waals surface area contributed by atoms with Gasteiger partial charge in [0.05, 0.1) is 12.2 Å². The van der Waals surface area contributed by atoms with Crippen LogP contribution in [0.5, 0.6) is 0 Å². The first kappa shape index (κ1) is 12.7. The summed E-state index contributed by atoms with van der Waals surface area (Å²) in [4.78, 5) is 3.89. The lowest BCUT2D eigenvalue weighted by Crippen LogP contribution is -2.29. The molecule has 0 aliphatic carbocycles.